The van der Waals surface area contributed by atoms with E-state index in [1.165, 1.54) is 0 Å². The molecular weight excluding hydrogens is 256 g/mol. The lowest BCUT2D eigenvalue weighted by atomic mass is 10.1. The van der Waals surface area contributed by atoms with Gasteiger partial charge in [-0.3, -0.25) is 4.79 Å². The van der Waals surface area contributed by atoms with Gasteiger partial charge in [-0.15, -0.1) is 0 Å². The molecule has 0 atom stereocenters. The summed E-state index contributed by atoms with van der Waals surface area (Å²) >= 11 is 0. The van der Waals surface area contributed by atoms with Gasteiger partial charge in [-0.05, 0) is 25.0 Å². The third-order valence-corrected chi connectivity index (χ3v) is 3.89. The quantitative estimate of drug-likeness (QED) is 0.875. The number of carboxylic acid groups (broad SMARTS) is 1. The van der Waals surface area contributed by atoms with E-state index in [0.29, 0.717) is 12.4 Å². The molecule has 1 aromatic heterocycles. The number of fused-ring (bicyclic) bond motifs is 1. The summed E-state index contributed by atoms with van der Waals surface area (Å²) in [5, 5.41) is 14.3. The number of nitrogens with one attached hydrogen (secondary N) is 1. The van der Waals surface area contributed by atoms with Gasteiger partial charge in [-0.2, -0.15) is 0 Å². The number of methoxy groups -OCH3 is 1. The molecule has 0 amide bonds. The number of pyridine rings is 1. The number of aromatic nitrogens is 1. The van der Waals surface area contributed by atoms with Crippen LogP contribution in [0.2, 0.25) is 0 Å². The number of anilines is 1. The fourth-order valence-corrected chi connectivity index (χ4v) is 2.37. The Labute approximate surface area is 116 Å². The van der Waals surface area contributed by atoms with Gasteiger partial charge in [0.15, 0.2) is 0 Å². The fraction of sp³-hybridized carbons (Fsp3) is 0.333. The summed E-state index contributed by atoms with van der Waals surface area (Å²) in [5.74, 6) is 0.754. The lowest BCUT2D eigenvalue weighted by Crippen LogP contribution is -2.24. The zero-order chi connectivity index (χ0) is 14.2. The van der Waals surface area contributed by atoms with Crippen molar-refractivity contribution < 1.29 is 14.6 Å². The lowest BCUT2D eigenvalue weighted by molar-refractivity contribution is -0.142. The lowest BCUT2D eigenvalue weighted by Gasteiger charge is -2.14. The molecule has 0 saturated heterocycles. The van der Waals surface area contributed by atoms with Crippen molar-refractivity contribution in [3.63, 3.8) is 0 Å². The second kappa shape index (κ2) is 4.67. The molecule has 20 heavy (non-hydrogen) atoms. The Bertz CT molecular complexity index is 665. The van der Waals surface area contributed by atoms with Crippen molar-refractivity contribution in [3.05, 3.63) is 30.5 Å². The van der Waals surface area contributed by atoms with Crippen LogP contribution in [0.4, 0.5) is 5.82 Å². The third kappa shape index (κ3) is 2.05. The van der Waals surface area contributed by atoms with E-state index in [1.54, 1.807) is 13.3 Å². The Hall–Kier alpha value is -2.30. The van der Waals surface area contributed by atoms with Gasteiger partial charge in [0, 0.05) is 23.5 Å². The molecule has 0 radical (unpaired) electrons. The number of benzene rings is 1. The first kappa shape index (κ1) is 12.7. The van der Waals surface area contributed by atoms with Crippen molar-refractivity contribution in [2.45, 2.75) is 12.8 Å². The average molecular weight is 272 g/mol. The maximum atomic E-state index is 11.2. The standard InChI is InChI=1S/C15H16N2O3/c1-20-12-4-2-3-11-10(12)5-8-16-13(11)17-9-15(6-7-15)14(18)19/h2-5,8H,6-7,9H2,1H3,(H,16,17)(H,18,19). The van der Waals surface area contributed by atoms with Gasteiger partial charge in [0.2, 0.25) is 0 Å². The van der Waals surface area contributed by atoms with Crippen LogP contribution in [0.5, 0.6) is 5.75 Å². The monoisotopic (exact) mass is 272 g/mol. The fourth-order valence-electron chi connectivity index (χ4n) is 2.37. The van der Waals surface area contributed by atoms with Gasteiger partial charge in [-0.1, -0.05) is 12.1 Å². The highest BCUT2D eigenvalue weighted by molar-refractivity contribution is 5.96. The number of carbonyl (C=O) groups is 1. The SMILES string of the molecule is COc1cccc2c(NCC3(C(=O)O)CC3)nccc12. The summed E-state index contributed by atoms with van der Waals surface area (Å²) in [5.41, 5.74) is -0.608. The molecule has 1 fully saturated rings. The van der Waals surface area contributed by atoms with Gasteiger partial charge in [0.1, 0.15) is 11.6 Å². The summed E-state index contributed by atoms with van der Waals surface area (Å²) < 4.78 is 5.33. The van der Waals surface area contributed by atoms with Crippen LogP contribution in [-0.2, 0) is 4.79 Å². The van der Waals surface area contributed by atoms with Crippen LogP contribution < -0.4 is 10.1 Å². The second-order valence-corrected chi connectivity index (χ2v) is 5.15. The number of hydrogen-bond donors (Lipinski definition) is 2. The summed E-state index contributed by atoms with van der Waals surface area (Å²) in [4.78, 5) is 15.5. The van der Waals surface area contributed by atoms with Crippen molar-refractivity contribution in [2.75, 3.05) is 19.0 Å². The molecule has 5 nitrogen and oxygen atoms in total. The molecule has 2 N–H and O–H groups in total. The first-order chi connectivity index (χ1) is 9.66. The highest BCUT2D eigenvalue weighted by atomic mass is 16.5. The molecular formula is C15H16N2O3. The molecule has 104 valence electrons. The Morgan fingerprint density at radius 2 is 2.20 bits per heavy atom. The van der Waals surface area contributed by atoms with Gasteiger partial charge in [-0.25, -0.2) is 4.98 Å². The van der Waals surface area contributed by atoms with E-state index in [0.717, 1.165) is 29.4 Å². The predicted molar refractivity (Wildman–Crippen MR) is 76.1 cm³/mol. The van der Waals surface area contributed by atoms with E-state index in [-0.39, 0.29) is 0 Å². The molecule has 5 heteroatoms. The summed E-state index contributed by atoms with van der Waals surface area (Å²) in [6.45, 7) is 0.408. The van der Waals surface area contributed by atoms with Gasteiger partial charge < -0.3 is 15.2 Å². The number of ether oxygens (including phenoxy) is 1. The minimum absolute atomic E-state index is 0.408. The van der Waals surface area contributed by atoms with Crippen molar-refractivity contribution >= 4 is 22.6 Å². The molecule has 0 bridgehead atoms. The number of rotatable bonds is 5. The number of hydrogen-bond acceptors (Lipinski definition) is 4. The molecule has 1 aliphatic rings. The minimum Gasteiger partial charge on any atom is -0.496 e. The zero-order valence-corrected chi connectivity index (χ0v) is 11.2. The van der Waals surface area contributed by atoms with Crippen LogP contribution in [0.3, 0.4) is 0 Å². The van der Waals surface area contributed by atoms with Crippen LogP contribution in [0, 0.1) is 5.41 Å². The van der Waals surface area contributed by atoms with Crippen molar-refractivity contribution in [3.8, 4) is 5.75 Å². The van der Waals surface area contributed by atoms with Crippen molar-refractivity contribution in [1.82, 2.24) is 4.98 Å². The third-order valence-electron chi connectivity index (χ3n) is 3.89. The largest absolute Gasteiger partial charge is 0.496 e. The normalized spacial score (nSPS) is 15.8. The average Bonchev–Trinajstić information content (AvgIpc) is 3.25. The van der Waals surface area contributed by atoms with E-state index in [9.17, 15) is 9.90 Å². The summed E-state index contributed by atoms with van der Waals surface area (Å²) in [6.07, 6.45) is 3.15. The van der Waals surface area contributed by atoms with Crippen LogP contribution in [0.25, 0.3) is 10.8 Å². The molecule has 2 aromatic rings. The first-order valence-corrected chi connectivity index (χ1v) is 6.55. The second-order valence-electron chi connectivity index (χ2n) is 5.15. The molecule has 1 saturated carbocycles. The van der Waals surface area contributed by atoms with Crippen molar-refractivity contribution in [2.24, 2.45) is 5.41 Å². The van der Waals surface area contributed by atoms with E-state index in [1.807, 2.05) is 24.3 Å². The Kier molecular flexibility index (Phi) is 2.97. The van der Waals surface area contributed by atoms with E-state index in [4.69, 9.17) is 4.74 Å². The molecule has 3 rings (SSSR count). The molecule has 0 spiro atoms. The topological polar surface area (TPSA) is 71.5 Å². The van der Waals surface area contributed by atoms with E-state index < -0.39 is 11.4 Å². The maximum Gasteiger partial charge on any atom is 0.311 e. The van der Waals surface area contributed by atoms with Gasteiger partial charge in [0.25, 0.3) is 0 Å². The smallest absolute Gasteiger partial charge is 0.311 e. The van der Waals surface area contributed by atoms with Crippen molar-refractivity contribution in [1.29, 1.82) is 0 Å². The van der Waals surface area contributed by atoms with Crippen LogP contribution >= 0.6 is 0 Å². The summed E-state index contributed by atoms with van der Waals surface area (Å²) in [7, 11) is 1.63. The maximum absolute atomic E-state index is 11.2. The number of carboxylic acids is 1. The Morgan fingerprint density at radius 3 is 2.85 bits per heavy atom. The number of nitrogens with zero attached hydrogens (tertiary/aromatic N) is 1. The molecule has 1 aliphatic carbocycles. The van der Waals surface area contributed by atoms with Gasteiger partial charge >= 0.3 is 5.97 Å². The highest BCUT2D eigenvalue weighted by Crippen LogP contribution is 2.46. The summed E-state index contributed by atoms with van der Waals surface area (Å²) in [6, 6.07) is 7.64. The van der Waals surface area contributed by atoms with Crippen LogP contribution in [0.15, 0.2) is 30.5 Å². The molecule has 0 aliphatic heterocycles. The zero-order valence-electron chi connectivity index (χ0n) is 11.2. The highest BCUT2D eigenvalue weighted by Gasteiger charge is 2.50. The molecule has 1 aromatic carbocycles. The van der Waals surface area contributed by atoms with Gasteiger partial charge in [0.05, 0.1) is 12.5 Å². The predicted octanol–water partition coefficient (Wildman–Crippen LogP) is 2.52. The first-order valence-electron chi connectivity index (χ1n) is 6.55. The van der Waals surface area contributed by atoms with E-state index in [2.05, 4.69) is 10.3 Å². The van der Waals surface area contributed by atoms with E-state index >= 15 is 0 Å². The Balaban J connectivity index is 1.90. The Morgan fingerprint density at radius 1 is 1.40 bits per heavy atom. The van der Waals surface area contributed by atoms with Crippen LogP contribution in [-0.4, -0.2) is 29.7 Å². The molecule has 1 heterocycles. The van der Waals surface area contributed by atoms with Crippen LogP contribution in [0.1, 0.15) is 12.8 Å². The number of aliphatic carboxylic acids is 1. The molecule has 0 unspecified atom stereocenters. The minimum atomic E-state index is -0.734.